The van der Waals surface area contributed by atoms with Crippen molar-refractivity contribution in [1.82, 2.24) is 19.9 Å². The highest BCUT2D eigenvalue weighted by atomic mass is 16.5. The van der Waals surface area contributed by atoms with Crippen LogP contribution in [0.1, 0.15) is 5.69 Å². The molecule has 0 saturated carbocycles. The standard InChI is InChI=1S/C12H15N5O2/c1-13-10-15-11(18-2)17-12(16-10)19-8-6-9-5-3-4-7-14-9/h3-5,7H,6,8H2,1-2H3,(H,13,15,16,17). The molecule has 0 fully saturated rings. The van der Waals surface area contributed by atoms with Crippen molar-refractivity contribution in [1.29, 1.82) is 0 Å². The topological polar surface area (TPSA) is 82.1 Å². The third-order valence-corrected chi connectivity index (χ3v) is 2.32. The lowest BCUT2D eigenvalue weighted by Gasteiger charge is -2.06. The van der Waals surface area contributed by atoms with E-state index in [9.17, 15) is 0 Å². The van der Waals surface area contributed by atoms with E-state index in [2.05, 4.69) is 25.3 Å². The van der Waals surface area contributed by atoms with Crippen molar-refractivity contribution in [2.45, 2.75) is 6.42 Å². The Bertz CT molecular complexity index is 499. The summed E-state index contributed by atoms with van der Waals surface area (Å²) in [6.07, 6.45) is 2.43. The van der Waals surface area contributed by atoms with Crippen LogP contribution in [0.15, 0.2) is 24.4 Å². The van der Waals surface area contributed by atoms with E-state index in [1.54, 1.807) is 13.2 Å². The molecule has 1 N–H and O–H groups in total. The van der Waals surface area contributed by atoms with Crippen LogP contribution in [0.3, 0.4) is 0 Å². The molecule has 0 aliphatic carbocycles. The number of nitrogens with one attached hydrogen (secondary N) is 1. The molecule has 2 heterocycles. The molecule has 0 aliphatic heterocycles. The fourth-order valence-electron chi connectivity index (χ4n) is 1.40. The SMILES string of the molecule is CNc1nc(OC)nc(OCCc2ccccn2)n1. The zero-order valence-electron chi connectivity index (χ0n) is 10.8. The van der Waals surface area contributed by atoms with E-state index in [4.69, 9.17) is 9.47 Å². The maximum atomic E-state index is 5.47. The van der Waals surface area contributed by atoms with Crippen molar-refractivity contribution in [3.05, 3.63) is 30.1 Å². The number of pyridine rings is 1. The van der Waals surface area contributed by atoms with Crippen LogP contribution in [0.4, 0.5) is 5.95 Å². The maximum absolute atomic E-state index is 5.47. The average molecular weight is 261 g/mol. The van der Waals surface area contributed by atoms with Crippen LogP contribution in [0, 0.1) is 0 Å². The Labute approximate surface area is 111 Å². The normalized spacial score (nSPS) is 10.0. The number of methoxy groups -OCH3 is 1. The molecule has 0 aromatic carbocycles. The van der Waals surface area contributed by atoms with E-state index < -0.39 is 0 Å². The van der Waals surface area contributed by atoms with Crippen molar-refractivity contribution in [2.75, 3.05) is 26.1 Å². The molecule has 0 saturated heterocycles. The van der Waals surface area contributed by atoms with Gasteiger partial charge in [-0.15, -0.1) is 4.98 Å². The van der Waals surface area contributed by atoms with Crippen LogP contribution in [0.2, 0.25) is 0 Å². The van der Waals surface area contributed by atoms with Gasteiger partial charge in [0.1, 0.15) is 0 Å². The van der Waals surface area contributed by atoms with Gasteiger partial charge in [-0.25, -0.2) is 0 Å². The number of anilines is 1. The third-order valence-electron chi connectivity index (χ3n) is 2.32. The molecule has 0 amide bonds. The Morgan fingerprint density at radius 1 is 1.16 bits per heavy atom. The smallest absolute Gasteiger partial charge is 0.324 e. The molecule has 7 heteroatoms. The number of rotatable bonds is 6. The quantitative estimate of drug-likeness (QED) is 0.828. The Balaban J connectivity index is 1.95. The second kappa shape index (κ2) is 6.48. The molecule has 0 bridgehead atoms. The largest absolute Gasteiger partial charge is 0.467 e. The van der Waals surface area contributed by atoms with Crippen molar-refractivity contribution < 1.29 is 9.47 Å². The minimum atomic E-state index is 0.215. The Kier molecular flexibility index (Phi) is 4.44. The van der Waals surface area contributed by atoms with Gasteiger partial charge in [0.05, 0.1) is 13.7 Å². The molecule has 2 aromatic heterocycles. The Morgan fingerprint density at radius 2 is 2.00 bits per heavy atom. The van der Waals surface area contributed by atoms with Crippen LogP contribution in [-0.2, 0) is 6.42 Å². The van der Waals surface area contributed by atoms with E-state index in [0.29, 0.717) is 19.0 Å². The lowest BCUT2D eigenvalue weighted by atomic mass is 10.3. The summed E-state index contributed by atoms with van der Waals surface area (Å²) in [5.74, 6) is 0.402. The first-order chi connectivity index (χ1) is 9.31. The van der Waals surface area contributed by atoms with Gasteiger partial charge in [-0.1, -0.05) is 6.07 Å². The summed E-state index contributed by atoms with van der Waals surface area (Å²) in [5.41, 5.74) is 0.956. The van der Waals surface area contributed by atoms with Gasteiger partial charge in [0.2, 0.25) is 5.95 Å². The number of ether oxygens (including phenoxy) is 2. The molecular weight excluding hydrogens is 246 g/mol. The molecule has 0 radical (unpaired) electrons. The maximum Gasteiger partial charge on any atom is 0.324 e. The fraction of sp³-hybridized carbons (Fsp3) is 0.333. The number of aromatic nitrogens is 4. The van der Waals surface area contributed by atoms with Gasteiger partial charge < -0.3 is 14.8 Å². The summed E-state index contributed by atoms with van der Waals surface area (Å²) in [7, 11) is 3.21. The molecule has 0 atom stereocenters. The van der Waals surface area contributed by atoms with E-state index in [-0.39, 0.29) is 12.0 Å². The molecule has 7 nitrogen and oxygen atoms in total. The van der Waals surface area contributed by atoms with E-state index in [1.807, 2.05) is 18.2 Å². The van der Waals surface area contributed by atoms with Gasteiger partial charge >= 0.3 is 12.0 Å². The van der Waals surface area contributed by atoms with E-state index >= 15 is 0 Å². The van der Waals surface area contributed by atoms with Crippen molar-refractivity contribution >= 4 is 5.95 Å². The van der Waals surface area contributed by atoms with Crippen LogP contribution in [-0.4, -0.2) is 40.7 Å². The fourth-order valence-corrected chi connectivity index (χ4v) is 1.40. The minimum absolute atomic E-state index is 0.215. The summed E-state index contributed by atoms with van der Waals surface area (Å²) in [6.45, 7) is 0.438. The second-order valence-corrected chi connectivity index (χ2v) is 3.60. The van der Waals surface area contributed by atoms with Crippen LogP contribution >= 0.6 is 0 Å². The predicted molar refractivity (Wildman–Crippen MR) is 69.4 cm³/mol. The van der Waals surface area contributed by atoms with Crippen molar-refractivity contribution in [3.8, 4) is 12.0 Å². The van der Waals surface area contributed by atoms with Crippen LogP contribution < -0.4 is 14.8 Å². The molecule has 0 unspecified atom stereocenters. The van der Waals surface area contributed by atoms with Crippen LogP contribution in [0.5, 0.6) is 12.0 Å². The summed E-state index contributed by atoms with van der Waals surface area (Å²) >= 11 is 0. The first-order valence-corrected chi connectivity index (χ1v) is 5.82. The number of nitrogens with zero attached hydrogens (tertiary/aromatic N) is 4. The van der Waals surface area contributed by atoms with Crippen LogP contribution in [0.25, 0.3) is 0 Å². The molecule has 0 spiro atoms. The highest BCUT2D eigenvalue weighted by Gasteiger charge is 2.06. The monoisotopic (exact) mass is 261 g/mol. The Hall–Kier alpha value is -2.44. The van der Waals surface area contributed by atoms with Gasteiger partial charge in [0.15, 0.2) is 0 Å². The molecule has 2 rings (SSSR count). The minimum Gasteiger partial charge on any atom is -0.467 e. The zero-order valence-corrected chi connectivity index (χ0v) is 10.8. The average Bonchev–Trinajstić information content (AvgIpc) is 2.48. The highest BCUT2D eigenvalue weighted by Crippen LogP contribution is 2.12. The number of hydrogen-bond donors (Lipinski definition) is 1. The lowest BCUT2D eigenvalue weighted by Crippen LogP contribution is -2.08. The third kappa shape index (κ3) is 3.77. The zero-order chi connectivity index (χ0) is 13.5. The summed E-state index contributed by atoms with van der Waals surface area (Å²) < 4.78 is 10.4. The molecule has 0 aliphatic rings. The second-order valence-electron chi connectivity index (χ2n) is 3.60. The summed E-state index contributed by atoms with van der Waals surface area (Å²) in [4.78, 5) is 16.3. The van der Waals surface area contributed by atoms with E-state index in [1.165, 1.54) is 7.11 Å². The molecular formula is C12H15N5O2. The number of hydrogen-bond acceptors (Lipinski definition) is 7. The van der Waals surface area contributed by atoms with Gasteiger partial charge in [-0.3, -0.25) is 4.98 Å². The molecule has 19 heavy (non-hydrogen) atoms. The first-order valence-electron chi connectivity index (χ1n) is 5.82. The molecule has 2 aromatic rings. The lowest BCUT2D eigenvalue weighted by molar-refractivity contribution is 0.284. The van der Waals surface area contributed by atoms with Crippen molar-refractivity contribution in [2.24, 2.45) is 0 Å². The van der Waals surface area contributed by atoms with Gasteiger partial charge in [0, 0.05) is 25.4 Å². The summed E-state index contributed by atoms with van der Waals surface area (Å²) in [5, 5.41) is 2.82. The highest BCUT2D eigenvalue weighted by molar-refractivity contribution is 5.26. The summed E-state index contributed by atoms with van der Waals surface area (Å²) in [6, 6.07) is 6.20. The van der Waals surface area contributed by atoms with Gasteiger partial charge in [-0.2, -0.15) is 9.97 Å². The Morgan fingerprint density at radius 3 is 2.68 bits per heavy atom. The van der Waals surface area contributed by atoms with Gasteiger partial charge in [-0.05, 0) is 12.1 Å². The van der Waals surface area contributed by atoms with E-state index in [0.717, 1.165) is 5.69 Å². The first kappa shape index (κ1) is 13.0. The molecule has 100 valence electrons. The predicted octanol–water partition coefficient (Wildman–Crippen LogP) is 0.938. The van der Waals surface area contributed by atoms with Crippen molar-refractivity contribution in [3.63, 3.8) is 0 Å². The van der Waals surface area contributed by atoms with Gasteiger partial charge in [0.25, 0.3) is 0 Å².